The van der Waals surface area contributed by atoms with Gasteiger partial charge in [0.05, 0.1) is 22.2 Å². The van der Waals surface area contributed by atoms with Crippen LogP contribution in [0.4, 0.5) is 0 Å². The van der Waals surface area contributed by atoms with Crippen molar-refractivity contribution < 1.29 is 4.42 Å². The first kappa shape index (κ1) is 39.4. The summed E-state index contributed by atoms with van der Waals surface area (Å²) in [5.41, 5.74) is 21.8. The van der Waals surface area contributed by atoms with Crippen LogP contribution < -0.4 is 0 Å². The third kappa shape index (κ3) is 5.77. The van der Waals surface area contributed by atoms with Gasteiger partial charge in [0.1, 0.15) is 11.2 Å². The number of hydrogen-bond acceptors (Lipinski definition) is 3. The number of fused-ring (bicyclic) bond motifs is 11. The van der Waals surface area contributed by atoms with Crippen molar-refractivity contribution in [3.8, 4) is 61.6 Å². The highest BCUT2D eigenvalue weighted by Crippen LogP contribution is 2.53. The van der Waals surface area contributed by atoms with Crippen molar-refractivity contribution >= 4 is 60.2 Å². The van der Waals surface area contributed by atoms with Gasteiger partial charge < -0.3 is 4.42 Å². The van der Waals surface area contributed by atoms with E-state index in [4.69, 9.17) is 14.4 Å². The summed E-state index contributed by atoms with van der Waals surface area (Å²) in [6.07, 6.45) is 8.01. The zero-order chi connectivity index (χ0) is 46.2. The molecule has 2 atom stereocenters. The van der Waals surface area contributed by atoms with Gasteiger partial charge in [-0.3, -0.25) is 4.57 Å². The number of para-hydroxylation sites is 4. The maximum atomic E-state index is 6.60. The number of rotatable bonds is 6. The number of allylic oxidation sites excluding steroid dienone is 4. The second-order valence-electron chi connectivity index (χ2n) is 20.0. The van der Waals surface area contributed by atoms with Gasteiger partial charge in [0, 0.05) is 43.5 Å². The molecule has 330 valence electrons. The number of hydrogen-bond donors (Lipinski definition) is 0. The number of benzene rings is 9. The maximum Gasteiger partial charge on any atom is 0.235 e. The smallest absolute Gasteiger partial charge is 0.235 e. The van der Waals surface area contributed by atoms with Crippen LogP contribution in [0.15, 0.2) is 217 Å². The summed E-state index contributed by atoms with van der Waals surface area (Å²) in [4.78, 5) is 11.0. The maximum absolute atomic E-state index is 6.60. The molecule has 4 heteroatoms. The minimum atomic E-state index is -0.0637. The van der Waals surface area contributed by atoms with Crippen LogP contribution in [0.1, 0.15) is 37.1 Å². The highest BCUT2D eigenvalue weighted by molar-refractivity contribution is 6.16. The van der Waals surface area contributed by atoms with E-state index in [-0.39, 0.29) is 5.41 Å². The van der Waals surface area contributed by atoms with E-state index in [1.807, 2.05) is 6.07 Å². The summed E-state index contributed by atoms with van der Waals surface area (Å²) in [5.74, 6) is 1.74. The van der Waals surface area contributed by atoms with Gasteiger partial charge in [0.15, 0.2) is 0 Å². The molecule has 0 N–H and O–H groups in total. The molecular weight excluding hydrogens is 851 g/mol. The van der Waals surface area contributed by atoms with E-state index in [9.17, 15) is 0 Å². The van der Waals surface area contributed by atoms with Crippen LogP contribution in [0.5, 0.6) is 0 Å². The molecule has 3 aliphatic rings. The lowest BCUT2D eigenvalue weighted by Gasteiger charge is -2.21. The largest absolute Gasteiger partial charge is 0.455 e. The van der Waals surface area contributed by atoms with Gasteiger partial charge in [-0.15, -0.1) is 0 Å². The second-order valence-corrected chi connectivity index (χ2v) is 20.0. The van der Waals surface area contributed by atoms with Crippen molar-refractivity contribution in [1.82, 2.24) is 14.5 Å². The molecule has 0 radical (unpaired) electrons. The summed E-state index contributed by atoms with van der Waals surface area (Å²) >= 11 is 0. The molecule has 2 unspecified atom stereocenters. The normalized spacial score (nSPS) is 16.5. The lowest BCUT2D eigenvalue weighted by molar-refractivity contribution is 0.660. The molecule has 3 heterocycles. The fourth-order valence-corrected chi connectivity index (χ4v) is 12.2. The lowest BCUT2D eigenvalue weighted by Crippen LogP contribution is -2.14. The van der Waals surface area contributed by atoms with Gasteiger partial charge in [-0.05, 0) is 116 Å². The Morgan fingerprint density at radius 2 is 1.16 bits per heavy atom. The monoisotopic (exact) mass is 895 g/mol. The standard InChI is InChI=1S/C66H45N3O/c1-66(2)56-29-6-3-21-52(56)61-45(23-14-30-57(61)66)41-17-9-15-39(35-41)40-16-10-18-42(36-40)46-24-12-27-50-55-38-44(47-25-13-28-51-48-20-5-8-32-60(48)70-64(47)51)33-34-59(55)69(63(46)50)65-67-58-31-7-4-22-53(58)62(68-65)49-26-11-19-43-37-54(43)49/h3-36,38,43,54H,37H2,1-2H3. The van der Waals surface area contributed by atoms with Crippen molar-refractivity contribution in [2.45, 2.75) is 25.7 Å². The minimum Gasteiger partial charge on any atom is -0.455 e. The Bertz CT molecular complexity index is 4270. The molecule has 70 heavy (non-hydrogen) atoms. The average Bonchev–Trinajstić information content (AvgIpc) is 3.93. The quantitative estimate of drug-likeness (QED) is 0.167. The van der Waals surface area contributed by atoms with E-state index >= 15 is 0 Å². The summed E-state index contributed by atoms with van der Waals surface area (Å²) < 4.78 is 8.93. The molecular formula is C66H45N3O. The molecule has 9 aromatic carbocycles. The molecule has 3 aliphatic carbocycles. The Morgan fingerprint density at radius 3 is 2.03 bits per heavy atom. The molecule has 0 amide bonds. The predicted molar refractivity (Wildman–Crippen MR) is 289 cm³/mol. The molecule has 12 aromatic rings. The number of nitrogens with zero attached hydrogens (tertiary/aromatic N) is 3. The first-order valence-electron chi connectivity index (χ1n) is 24.5. The topological polar surface area (TPSA) is 43.9 Å². The van der Waals surface area contributed by atoms with Crippen LogP contribution in [-0.4, -0.2) is 14.5 Å². The van der Waals surface area contributed by atoms with E-state index < -0.39 is 0 Å². The fraction of sp³-hybridized carbons (Fsp3) is 0.0909. The molecule has 0 spiro atoms. The van der Waals surface area contributed by atoms with E-state index in [0.29, 0.717) is 17.8 Å². The number of aromatic nitrogens is 3. The molecule has 0 aliphatic heterocycles. The molecule has 15 rings (SSSR count). The molecule has 1 fully saturated rings. The van der Waals surface area contributed by atoms with Crippen LogP contribution in [0.25, 0.3) is 122 Å². The van der Waals surface area contributed by atoms with Crippen LogP contribution in [0, 0.1) is 11.8 Å². The van der Waals surface area contributed by atoms with Gasteiger partial charge in [0.2, 0.25) is 5.95 Å². The Labute approximate surface area is 405 Å². The highest BCUT2D eigenvalue weighted by atomic mass is 16.3. The lowest BCUT2D eigenvalue weighted by atomic mass is 9.82. The van der Waals surface area contributed by atoms with E-state index in [1.54, 1.807) is 0 Å². The summed E-state index contributed by atoms with van der Waals surface area (Å²) in [6.45, 7) is 4.70. The summed E-state index contributed by atoms with van der Waals surface area (Å²) in [5, 5.41) is 5.60. The minimum absolute atomic E-state index is 0.0637. The first-order valence-corrected chi connectivity index (χ1v) is 24.5. The third-order valence-corrected chi connectivity index (χ3v) is 15.7. The van der Waals surface area contributed by atoms with E-state index in [0.717, 1.165) is 94.6 Å². The Kier molecular flexibility index (Phi) is 8.27. The Balaban J connectivity index is 0.934. The molecule has 1 saturated carbocycles. The zero-order valence-corrected chi connectivity index (χ0v) is 38.8. The van der Waals surface area contributed by atoms with E-state index in [1.165, 1.54) is 44.5 Å². The van der Waals surface area contributed by atoms with Crippen LogP contribution in [0.3, 0.4) is 0 Å². The summed E-state index contributed by atoms with van der Waals surface area (Å²) in [7, 11) is 0. The third-order valence-electron chi connectivity index (χ3n) is 15.7. The van der Waals surface area contributed by atoms with Crippen molar-refractivity contribution in [1.29, 1.82) is 0 Å². The van der Waals surface area contributed by atoms with Crippen LogP contribution in [-0.2, 0) is 5.41 Å². The van der Waals surface area contributed by atoms with Crippen LogP contribution >= 0.6 is 0 Å². The Morgan fingerprint density at radius 1 is 0.514 bits per heavy atom. The van der Waals surface area contributed by atoms with Crippen molar-refractivity contribution in [2.75, 3.05) is 0 Å². The van der Waals surface area contributed by atoms with Gasteiger partial charge in [-0.2, -0.15) is 0 Å². The second kappa shape index (κ2) is 14.7. The highest BCUT2D eigenvalue weighted by Gasteiger charge is 2.41. The Hall–Kier alpha value is -8.60. The van der Waals surface area contributed by atoms with Crippen molar-refractivity contribution in [3.63, 3.8) is 0 Å². The van der Waals surface area contributed by atoms with Crippen molar-refractivity contribution in [2.24, 2.45) is 11.8 Å². The van der Waals surface area contributed by atoms with Gasteiger partial charge >= 0.3 is 0 Å². The van der Waals surface area contributed by atoms with E-state index in [2.05, 4.69) is 225 Å². The number of furan rings is 1. The molecule has 0 saturated heterocycles. The molecule has 0 bridgehead atoms. The summed E-state index contributed by atoms with van der Waals surface area (Å²) in [6, 6.07) is 70.8. The van der Waals surface area contributed by atoms with Gasteiger partial charge in [-0.1, -0.05) is 190 Å². The first-order chi connectivity index (χ1) is 34.5. The van der Waals surface area contributed by atoms with Gasteiger partial charge in [0.25, 0.3) is 0 Å². The van der Waals surface area contributed by atoms with Crippen molar-refractivity contribution in [3.05, 3.63) is 229 Å². The SMILES string of the molecule is CC1(C)c2ccccc2-c2c(-c3cccc(-c4cccc(-c5cccc6c7cc(-c8cccc9c8oc8ccccc89)ccc7n(-c7nc(C8=CC=CC9CC89)c8ccccc8n7)c56)c4)c3)cccc21. The van der Waals surface area contributed by atoms with Gasteiger partial charge in [-0.25, -0.2) is 9.97 Å². The average molecular weight is 896 g/mol. The molecule has 4 nitrogen and oxygen atoms in total. The zero-order valence-electron chi connectivity index (χ0n) is 38.8. The fourth-order valence-electron chi connectivity index (χ4n) is 12.2. The molecule has 3 aromatic heterocycles. The predicted octanol–water partition coefficient (Wildman–Crippen LogP) is 17.2. The van der Waals surface area contributed by atoms with Crippen LogP contribution in [0.2, 0.25) is 0 Å².